The molecule has 0 aliphatic carbocycles. The van der Waals surface area contributed by atoms with Crippen LogP contribution < -0.4 is 15.4 Å². The van der Waals surface area contributed by atoms with E-state index in [1.807, 2.05) is 43.3 Å². The number of hydrogen-bond donors (Lipinski definition) is 2. The average molecular weight is 422 g/mol. The third kappa shape index (κ3) is 4.86. The molecule has 30 heavy (non-hydrogen) atoms. The Morgan fingerprint density at radius 1 is 1.20 bits per heavy atom. The van der Waals surface area contributed by atoms with Crippen LogP contribution in [0.1, 0.15) is 37.9 Å². The largest absolute Gasteiger partial charge is 0.492 e. The van der Waals surface area contributed by atoms with E-state index in [1.165, 1.54) is 16.9 Å². The van der Waals surface area contributed by atoms with Gasteiger partial charge in [0.1, 0.15) is 17.2 Å². The van der Waals surface area contributed by atoms with Crippen molar-refractivity contribution in [1.82, 2.24) is 10.3 Å². The molecule has 1 aliphatic rings. The van der Waals surface area contributed by atoms with E-state index in [0.717, 1.165) is 34.1 Å². The first kappa shape index (κ1) is 20.1. The number of hydrogen-bond acceptors (Lipinski definition) is 5. The van der Waals surface area contributed by atoms with Crippen LogP contribution in [0, 0.1) is 6.92 Å². The Morgan fingerprint density at radius 3 is 2.87 bits per heavy atom. The number of anilines is 1. The highest BCUT2D eigenvalue weighted by atomic mass is 32.1. The van der Waals surface area contributed by atoms with Gasteiger partial charge in [-0.15, -0.1) is 11.3 Å². The summed E-state index contributed by atoms with van der Waals surface area (Å²) in [6, 6.07) is 15.7. The quantitative estimate of drug-likeness (QED) is 0.570. The fraction of sp³-hybridized carbons (Fsp3) is 0.261. The second-order valence-electron chi connectivity index (χ2n) is 7.16. The van der Waals surface area contributed by atoms with E-state index in [1.54, 1.807) is 0 Å². The summed E-state index contributed by atoms with van der Waals surface area (Å²) in [6.45, 7) is 2.63. The average Bonchev–Trinajstić information content (AvgIpc) is 3.12. The third-order valence-electron chi connectivity index (χ3n) is 4.87. The van der Waals surface area contributed by atoms with Crippen molar-refractivity contribution in [2.45, 2.75) is 26.2 Å². The second-order valence-corrected chi connectivity index (χ2v) is 8.24. The highest BCUT2D eigenvalue weighted by Crippen LogP contribution is 2.26. The molecular formula is C23H23N3O3S. The summed E-state index contributed by atoms with van der Waals surface area (Å²) in [4.78, 5) is 29.2. The zero-order valence-corrected chi connectivity index (χ0v) is 17.6. The molecule has 6 nitrogen and oxygen atoms in total. The SMILES string of the molecule is Cc1nc(Cc2ccccc2)sc1C(=O)NCCOc1ccc2c(c1)CCC(=O)N2. The number of carbonyl (C=O) groups excluding carboxylic acids is 2. The molecule has 0 atom stereocenters. The van der Waals surface area contributed by atoms with Gasteiger partial charge in [0.15, 0.2) is 0 Å². The first-order valence-corrected chi connectivity index (χ1v) is 10.7. The van der Waals surface area contributed by atoms with E-state index < -0.39 is 0 Å². The number of rotatable bonds is 7. The van der Waals surface area contributed by atoms with Gasteiger partial charge in [-0.05, 0) is 42.7 Å². The van der Waals surface area contributed by atoms with Crippen molar-refractivity contribution < 1.29 is 14.3 Å². The Hall–Kier alpha value is -3.19. The zero-order valence-electron chi connectivity index (χ0n) is 16.7. The molecule has 2 heterocycles. The van der Waals surface area contributed by atoms with Crippen molar-refractivity contribution in [3.05, 3.63) is 75.2 Å². The molecule has 0 radical (unpaired) electrons. The summed E-state index contributed by atoms with van der Waals surface area (Å²) in [5.74, 6) is 0.656. The fourth-order valence-electron chi connectivity index (χ4n) is 3.37. The summed E-state index contributed by atoms with van der Waals surface area (Å²) in [5.41, 5.74) is 3.85. The summed E-state index contributed by atoms with van der Waals surface area (Å²) in [7, 11) is 0. The fourth-order valence-corrected chi connectivity index (χ4v) is 4.39. The van der Waals surface area contributed by atoms with E-state index in [2.05, 4.69) is 27.8 Å². The van der Waals surface area contributed by atoms with Crippen molar-refractivity contribution >= 4 is 28.8 Å². The van der Waals surface area contributed by atoms with E-state index in [4.69, 9.17) is 4.74 Å². The van der Waals surface area contributed by atoms with Gasteiger partial charge in [0.05, 0.1) is 17.2 Å². The standard InChI is InChI=1S/C23H23N3O3S/c1-15-22(30-21(25-15)13-16-5-3-2-4-6-16)23(28)24-11-12-29-18-8-9-19-17(14-18)7-10-20(27)26-19/h2-6,8-9,14H,7,10-13H2,1H3,(H,24,28)(H,26,27). The molecule has 2 N–H and O–H groups in total. The van der Waals surface area contributed by atoms with Gasteiger partial charge in [-0.3, -0.25) is 9.59 Å². The van der Waals surface area contributed by atoms with Crippen molar-refractivity contribution in [3.63, 3.8) is 0 Å². The molecule has 2 amide bonds. The Labute approximate surface area is 179 Å². The smallest absolute Gasteiger partial charge is 0.263 e. The monoisotopic (exact) mass is 421 g/mol. The number of ether oxygens (including phenoxy) is 1. The van der Waals surface area contributed by atoms with Crippen molar-refractivity contribution in [1.29, 1.82) is 0 Å². The number of fused-ring (bicyclic) bond motifs is 1. The number of thiazole rings is 1. The van der Waals surface area contributed by atoms with Gasteiger partial charge in [-0.2, -0.15) is 0 Å². The molecular weight excluding hydrogens is 398 g/mol. The third-order valence-corrected chi connectivity index (χ3v) is 6.03. The van der Waals surface area contributed by atoms with E-state index in [0.29, 0.717) is 30.9 Å². The van der Waals surface area contributed by atoms with Crippen LogP contribution in [0.2, 0.25) is 0 Å². The number of aromatic nitrogens is 1. The maximum absolute atomic E-state index is 12.5. The molecule has 0 fully saturated rings. The Morgan fingerprint density at radius 2 is 2.03 bits per heavy atom. The summed E-state index contributed by atoms with van der Waals surface area (Å²) in [6.07, 6.45) is 1.93. The molecule has 4 rings (SSSR count). The molecule has 7 heteroatoms. The predicted octanol–water partition coefficient (Wildman–Crippen LogP) is 3.74. The number of amides is 2. The van der Waals surface area contributed by atoms with Crippen molar-refractivity contribution in [3.8, 4) is 5.75 Å². The zero-order chi connectivity index (χ0) is 20.9. The highest BCUT2D eigenvalue weighted by molar-refractivity contribution is 7.13. The lowest BCUT2D eigenvalue weighted by atomic mass is 10.0. The summed E-state index contributed by atoms with van der Waals surface area (Å²) < 4.78 is 5.76. The summed E-state index contributed by atoms with van der Waals surface area (Å²) >= 11 is 1.43. The summed E-state index contributed by atoms with van der Waals surface area (Å²) in [5, 5.41) is 6.69. The van der Waals surface area contributed by atoms with Crippen molar-refractivity contribution in [2.24, 2.45) is 0 Å². The number of benzene rings is 2. The van der Waals surface area contributed by atoms with Gasteiger partial charge in [-0.25, -0.2) is 4.98 Å². The Kier molecular flexibility index (Phi) is 6.09. The molecule has 0 spiro atoms. The number of carbonyl (C=O) groups is 2. The molecule has 0 bridgehead atoms. The van der Waals surface area contributed by atoms with Crippen LogP contribution in [0.4, 0.5) is 5.69 Å². The maximum Gasteiger partial charge on any atom is 0.263 e. The van der Waals surface area contributed by atoms with Crippen LogP contribution in [0.5, 0.6) is 5.75 Å². The van der Waals surface area contributed by atoms with Crippen molar-refractivity contribution in [2.75, 3.05) is 18.5 Å². The predicted molar refractivity (Wildman–Crippen MR) is 117 cm³/mol. The molecule has 1 aromatic heterocycles. The second kappa shape index (κ2) is 9.09. The first-order chi connectivity index (χ1) is 14.6. The highest BCUT2D eigenvalue weighted by Gasteiger charge is 2.16. The number of nitrogens with zero attached hydrogens (tertiary/aromatic N) is 1. The van der Waals surface area contributed by atoms with Crippen LogP contribution >= 0.6 is 11.3 Å². The Bertz CT molecular complexity index is 1060. The van der Waals surface area contributed by atoms with Crippen LogP contribution in [0.3, 0.4) is 0 Å². The van der Waals surface area contributed by atoms with Gasteiger partial charge in [0.25, 0.3) is 5.91 Å². The minimum absolute atomic E-state index is 0.0455. The lowest BCUT2D eigenvalue weighted by Gasteiger charge is -2.17. The van der Waals surface area contributed by atoms with E-state index >= 15 is 0 Å². The lowest BCUT2D eigenvalue weighted by molar-refractivity contribution is -0.116. The molecule has 0 saturated heterocycles. The topological polar surface area (TPSA) is 80.3 Å². The Balaban J connectivity index is 1.27. The van der Waals surface area contributed by atoms with Crippen LogP contribution in [0.25, 0.3) is 0 Å². The van der Waals surface area contributed by atoms with E-state index in [-0.39, 0.29) is 11.8 Å². The number of aryl methyl sites for hydroxylation is 2. The van der Waals surface area contributed by atoms with Gasteiger partial charge in [-0.1, -0.05) is 30.3 Å². The molecule has 0 saturated carbocycles. The number of nitrogens with one attached hydrogen (secondary N) is 2. The molecule has 2 aromatic carbocycles. The molecule has 1 aliphatic heterocycles. The van der Waals surface area contributed by atoms with Gasteiger partial charge in [0.2, 0.25) is 5.91 Å². The maximum atomic E-state index is 12.5. The van der Waals surface area contributed by atoms with E-state index in [9.17, 15) is 9.59 Å². The minimum atomic E-state index is -0.124. The molecule has 3 aromatic rings. The normalized spacial score (nSPS) is 12.8. The van der Waals surface area contributed by atoms with Gasteiger partial charge in [0, 0.05) is 18.5 Å². The van der Waals surface area contributed by atoms with Crippen LogP contribution in [-0.4, -0.2) is 29.9 Å². The van der Waals surface area contributed by atoms with Crippen LogP contribution in [0.15, 0.2) is 48.5 Å². The van der Waals surface area contributed by atoms with Gasteiger partial charge < -0.3 is 15.4 Å². The van der Waals surface area contributed by atoms with Crippen LogP contribution in [-0.2, 0) is 17.6 Å². The van der Waals surface area contributed by atoms with Gasteiger partial charge >= 0.3 is 0 Å². The first-order valence-electron chi connectivity index (χ1n) is 9.92. The minimum Gasteiger partial charge on any atom is -0.492 e. The molecule has 0 unspecified atom stereocenters. The lowest BCUT2D eigenvalue weighted by Crippen LogP contribution is -2.28. The molecule has 154 valence electrons.